The van der Waals surface area contributed by atoms with Crippen LogP contribution in [0.25, 0.3) is 16.7 Å². The number of carbonyl (C=O) groups excluding carboxylic acids is 1. The number of carbonyl (C=O) groups is 1. The molecule has 0 spiro atoms. The number of hydrogen-bond acceptors (Lipinski definition) is 7. The average Bonchev–Trinajstić information content (AvgIpc) is 3.33. The molecular weight excluding hydrogens is 484 g/mol. The molecule has 9 nitrogen and oxygen atoms in total. The lowest BCUT2D eigenvalue weighted by Gasteiger charge is -2.26. The lowest BCUT2D eigenvalue weighted by molar-refractivity contribution is -0.113. The molecule has 0 aliphatic carbocycles. The quantitative estimate of drug-likeness (QED) is 0.299. The van der Waals surface area contributed by atoms with E-state index in [1.807, 2.05) is 30.3 Å². The highest BCUT2D eigenvalue weighted by molar-refractivity contribution is 8.00. The van der Waals surface area contributed by atoms with Crippen molar-refractivity contribution in [3.63, 3.8) is 0 Å². The lowest BCUT2D eigenvalue weighted by atomic mass is 10.2. The summed E-state index contributed by atoms with van der Waals surface area (Å²) in [4.78, 5) is 21.5. The Morgan fingerprint density at radius 2 is 1.80 bits per heavy atom. The van der Waals surface area contributed by atoms with E-state index >= 15 is 0 Å². The number of nitrogens with one attached hydrogen (secondary N) is 1. The Morgan fingerprint density at radius 1 is 1.00 bits per heavy atom. The van der Waals surface area contributed by atoms with E-state index in [0.717, 1.165) is 30.3 Å². The van der Waals surface area contributed by atoms with E-state index in [-0.39, 0.29) is 16.6 Å². The molecule has 3 heterocycles. The van der Waals surface area contributed by atoms with Gasteiger partial charge in [-0.2, -0.15) is 9.40 Å². The summed E-state index contributed by atoms with van der Waals surface area (Å²) in [5, 5.41) is 8.63. The summed E-state index contributed by atoms with van der Waals surface area (Å²) in [5.41, 5.74) is 1.98. The molecule has 2 aromatic heterocycles. The van der Waals surface area contributed by atoms with Crippen molar-refractivity contribution in [1.82, 2.24) is 24.1 Å². The van der Waals surface area contributed by atoms with Gasteiger partial charge in [0, 0.05) is 18.8 Å². The van der Waals surface area contributed by atoms with Gasteiger partial charge in [0.1, 0.15) is 11.4 Å². The van der Waals surface area contributed by atoms with E-state index in [4.69, 9.17) is 0 Å². The third-order valence-electron chi connectivity index (χ3n) is 5.74. The number of nitrogens with zero attached hydrogens (tertiary/aromatic N) is 5. The summed E-state index contributed by atoms with van der Waals surface area (Å²) in [5.74, 6) is -0.157. The SMILES string of the molecule is O=C(CSc1ncnc2c1cnn2-c1ccccc1)Nc1cccc(S(=O)(=O)N2CCCCC2)c1. The van der Waals surface area contributed by atoms with Crippen LogP contribution in [0.3, 0.4) is 0 Å². The van der Waals surface area contributed by atoms with Crippen molar-refractivity contribution < 1.29 is 13.2 Å². The van der Waals surface area contributed by atoms with Crippen molar-refractivity contribution in [3.05, 3.63) is 67.1 Å². The van der Waals surface area contributed by atoms with Gasteiger partial charge in [-0.05, 0) is 43.2 Å². The molecule has 1 saturated heterocycles. The zero-order chi connectivity index (χ0) is 24.3. The zero-order valence-corrected chi connectivity index (χ0v) is 20.5. The van der Waals surface area contributed by atoms with Gasteiger partial charge in [0.15, 0.2) is 5.65 Å². The maximum atomic E-state index is 13.0. The van der Waals surface area contributed by atoms with Crippen LogP contribution in [0.4, 0.5) is 5.69 Å². The standard InChI is InChI=1S/C24H24N6O3S2/c31-22(28-18-8-7-11-20(14-18)35(32,33)29-12-5-2-6-13-29)16-34-24-21-15-27-30(23(21)25-17-26-24)19-9-3-1-4-10-19/h1,3-4,7-11,14-15,17H,2,5-6,12-13,16H2,(H,28,31). The number of aromatic nitrogens is 4. The van der Waals surface area contributed by atoms with E-state index in [2.05, 4.69) is 20.4 Å². The van der Waals surface area contributed by atoms with Crippen LogP contribution in [0.1, 0.15) is 19.3 Å². The van der Waals surface area contributed by atoms with Crippen molar-refractivity contribution in [3.8, 4) is 5.69 Å². The summed E-state index contributed by atoms with van der Waals surface area (Å²) in [6.45, 7) is 1.06. The van der Waals surface area contributed by atoms with Gasteiger partial charge in [-0.25, -0.2) is 23.1 Å². The highest BCUT2D eigenvalue weighted by Gasteiger charge is 2.26. The predicted molar refractivity (Wildman–Crippen MR) is 135 cm³/mol. The molecule has 35 heavy (non-hydrogen) atoms. The fourth-order valence-electron chi connectivity index (χ4n) is 4.02. The largest absolute Gasteiger partial charge is 0.325 e. The highest BCUT2D eigenvalue weighted by atomic mass is 32.2. The monoisotopic (exact) mass is 508 g/mol. The number of anilines is 1. The second kappa shape index (κ2) is 10.1. The Hall–Kier alpha value is -3.28. The first-order chi connectivity index (χ1) is 17.0. The topological polar surface area (TPSA) is 110 Å². The molecule has 0 radical (unpaired) electrons. The number of amides is 1. The molecule has 0 unspecified atom stereocenters. The third-order valence-corrected chi connectivity index (χ3v) is 8.64. The Morgan fingerprint density at radius 3 is 2.60 bits per heavy atom. The number of benzene rings is 2. The maximum Gasteiger partial charge on any atom is 0.243 e. The van der Waals surface area contributed by atoms with Crippen LogP contribution in [0, 0.1) is 0 Å². The molecule has 2 aromatic carbocycles. The molecular formula is C24H24N6O3S2. The van der Waals surface area contributed by atoms with Crippen LogP contribution in [-0.4, -0.2) is 57.2 Å². The minimum Gasteiger partial charge on any atom is -0.325 e. The fraction of sp³-hybridized carbons (Fsp3) is 0.250. The average molecular weight is 509 g/mol. The number of fused-ring (bicyclic) bond motifs is 1. The summed E-state index contributed by atoms with van der Waals surface area (Å²) >= 11 is 1.28. The smallest absolute Gasteiger partial charge is 0.243 e. The van der Waals surface area contributed by atoms with Gasteiger partial charge in [-0.15, -0.1) is 0 Å². The van der Waals surface area contributed by atoms with Gasteiger partial charge in [0.05, 0.1) is 27.9 Å². The van der Waals surface area contributed by atoms with Crippen LogP contribution in [-0.2, 0) is 14.8 Å². The summed E-state index contributed by atoms with van der Waals surface area (Å²) in [6.07, 6.45) is 5.93. The summed E-state index contributed by atoms with van der Waals surface area (Å²) in [6, 6.07) is 16.1. The summed E-state index contributed by atoms with van der Waals surface area (Å²) in [7, 11) is -3.57. The molecule has 1 aliphatic heterocycles. The molecule has 0 atom stereocenters. The normalized spacial score (nSPS) is 14.7. The molecule has 1 fully saturated rings. The number of piperidine rings is 1. The van der Waals surface area contributed by atoms with E-state index in [1.54, 1.807) is 29.1 Å². The number of sulfonamides is 1. The van der Waals surface area contributed by atoms with Gasteiger partial charge < -0.3 is 5.32 Å². The molecule has 0 saturated carbocycles. The van der Waals surface area contributed by atoms with Gasteiger partial charge in [-0.1, -0.05) is 42.4 Å². The van der Waals surface area contributed by atoms with Gasteiger partial charge in [-0.3, -0.25) is 4.79 Å². The first-order valence-corrected chi connectivity index (χ1v) is 13.7. The Balaban J connectivity index is 1.27. The van der Waals surface area contributed by atoms with Gasteiger partial charge in [0.25, 0.3) is 0 Å². The molecule has 11 heteroatoms. The van der Waals surface area contributed by atoms with Crippen molar-refractivity contribution in [2.24, 2.45) is 0 Å². The molecule has 180 valence electrons. The van der Waals surface area contributed by atoms with E-state index in [0.29, 0.717) is 29.5 Å². The Kier molecular flexibility index (Phi) is 6.80. The van der Waals surface area contributed by atoms with E-state index < -0.39 is 10.0 Å². The van der Waals surface area contributed by atoms with E-state index in [1.165, 1.54) is 28.5 Å². The van der Waals surface area contributed by atoms with Crippen LogP contribution < -0.4 is 5.32 Å². The van der Waals surface area contributed by atoms with E-state index in [9.17, 15) is 13.2 Å². The highest BCUT2D eigenvalue weighted by Crippen LogP contribution is 2.27. The second-order valence-corrected chi connectivity index (χ2v) is 11.0. The molecule has 1 aliphatic rings. The van der Waals surface area contributed by atoms with Crippen LogP contribution in [0.15, 0.2) is 77.0 Å². The van der Waals surface area contributed by atoms with Crippen LogP contribution in [0.5, 0.6) is 0 Å². The Bertz CT molecular complexity index is 1450. The van der Waals surface area contributed by atoms with Gasteiger partial charge in [0.2, 0.25) is 15.9 Å². The molecule has 0 bridgehead atoms. The summed E-state index contributed by atoms with van der Waals surface area (Å²) < 4.78 is 29.2. The lowest BCUT2D eigenvalue weighted by Crippen LogP contribution is -2.35. The van der Waals surface area contributed by atoms with Crippen molar-refractivity contribution in [2.45, 2.75) is 29.2 Å². The van der Waals surface area contributed by atoms with Crippen molar-refractivity contribution >= 4 is 44.4 Å². The number of thioether (sulfide) groups is 1. The number of hydrogen-bond donors (Lipinski definition) is 1. The second-order valence-electron chi connectivity index (χ2n) is 8.14. The van der Waals surface area contributed by atoms with Crippen LogP contribution in [0.2, 0.25) is 0 Å². The molecule has 1 N–H and O–H groups in total. The first-order valence-electron chi connectivity index (χ1n) is 11.3. The number of rotatable bonds is 7. The first kappa shape index (κ1) is 23.5. The maximum absolute atomic E-state index is 13.0. The van der Waals surface area contributed by atoms with Crippen molar-refractivity contribution in [2.75, 3.05) is 24.2 Å². The number of para-hydroxylation sites is 1. The van der Waals surface area contributed by atoms with Crippen molar-refractivity contribution in [1.29, 1.82) is 0 Å². The van der Waals surface area contributed by atoms with Gasteiger partial charge >= 0.3 is 0 Å². The zero-order valence-electron chi connectivity index (χ0n) is 18.9. The third kappa shape index (κ3) is 5.07. The fourth-order valence-corrected chi connectivity index (χ4v) is 6.34. The predicted octanol–water partition coefficient (Wildman–Crippen LogP) is 3.72. The Labute approximate surface area is 207 Å². The minimum atomic E-state index is -3.57. The minimum absolute atomic E-state index is 0.103. The molecule has 4 aromatic rings. The molecule has 1 amide bonds. The van der Waals surface area contributed by atoms with Crippen LogP contribution >= 0.6 is 11.8 Å². The molecule has 5 rings (SSSR count).